The molecule has 2 saturated carbocycles. The Morgan fingerprint density at radius 3 is 2.32 bits per heavy atom. The van der Waals surface area contributed by atoms with Gasteiger partial charge in [0.25, 0.3) is 0 Å². The highest BCUT2D eigenvalue weighted by Crippen LogP contribution is 2.49. The van der Waals surface area contributed by atoms with Gasteiger partial charge < -0.3 is 20.4 Å². The van der Waals surface area contributed by atoms with E-state index in [9.17, 15) is 9.59 Å². The summed E-state index contributed by atoms with van der Waals surface area (Å²) in [6.45, 7) is 6.16. The first kappa shape index (κ1) is 19.2. The van der Waals surface area contributed by atoms with Crippen LogP contribution in [0.1, 0.15) is 32.6 Å². The molecule has 0 radical (unpaired) electrons. The fourth-order valence-corrected chi connectivity index (χ4v) is 5.29. The highest BCUT2D eigenvalue weighted by Gasteiger charge is 2.42. The number of carbonyl (C=O) groups excluding carboxylic acids is 2. The van der Waals surface area contributed by atoms with Crippen molar-refractivity contribution in [2.75, 3.05) is 43.4 Å². The molecule has 4 rings (SSSR count). The Bertz CT molecular complexity index is 712. The largest absolute Gasteiger partial charge is 0.369 e. The van der Waals surface area contributed by atoms with Crippen molar-refractivity contribution < 1.29 is 9.59 Å². The number of hydrogen-bond donors (Lipinski definition) is 2. The minimum absolute atomic E-state index is 0.0631. The summed E-state index contributed by atoms with van der Waals surface area (Å²) in [5, 5.41) is 5.66. The number of carbonyl (C=O) groups is 2. The van der Waals surface area contributed by atoms with Crippen LogP contribution in [0.25, 0.3) is 0 Å². The monoisotopic (exact) mass is 384 g/mol. The second kappa shape index (κ2) is 8.11. The van der Waals surface area contributed by atoms with Gasteiger partial charge in [0.2, 0.25) is 0 Å². The van der Waals surface area contributed by atoms with Gasteiger partial charge in [-0.25, -0.2) is 0 Å². The van der Waals surface area contributed by atoms with E-state index in [4.69, 9.17) is 0 Å². The molecule has 1 saturated heterocycles. The van der Waals surface area contributed by atoms with Crippen LogP contribution in [0.2, 0.25) is 0 Å². The molecule has 0 spiro atoms. The Labute approximate surface area is 167 Å². The number of piperazine rings is 1. The molecule has 2 aliphatic carbocycles. The number of benzene rings is 1. The van der Waals surface area contributed by atoms with Crippen LogP contribution in [0, 0.1) is 17.8 Å². The predicted molar refractivity (Wildman–Crippen MR) is 111 cm³/mol. The summed E-state index contributed by atoms with van der Waals surface area (Å²) in [4.78, 5) is 29.3. The molecule has 2 N–H and O–H groups in total. The number of anilines is 2. The maximum atomic E-state index is 12.3. The first-order valence-corrected chi connectivity index (χ1v) is 10.6. The molecule has 0 aromatic heterocycles. The SMILES string of the molecule is CC(NC(=O)C(=O)Nc1ccc(N2CCN(C)CC2)cc1)C1CC2CCC1C2. The molecule has 1 aromatic rings. The third-order valence-electron chi connectivity index (χ3n) is 6.99. The van der Waals surface area contributed by atoms with Gasteiger partial charge in [-0.15, -0.1) is 0 Å². The molecule has 1 heterocycles. The van der Waals surface area contributed by atoms with Gasteiger partial charge >= 0.3 is 11.8 Å². The Balaban J connectivity index is 1.27. The van der Waals surface area contributed by atoms with Crippen molar-refractivity contribution in [3.63, 3.8) is 0 Å². The minimum Gasteiger partial charge on any atom is -0.369 e. The third kappa shape index (κ3) is 4.17. The van der Waals surface area contributed by atoms with Crippen molar-refractivity contribution in [1.29, 1.82) is 0 Å². The van der Waals surface area contributed by atoms with Crippen LogP contribution in [0.3, 0.4) is 0 Å². The van der Waals surface area contributed by atoms with Crippen molar-refractivity contribution in [3.05, 3.63) is 24.3 Å². The highest BCUT2D eigenvalue weighted by molar-refractivity contribution is 6.39. The molecule has 152 valence electrons. The molecule has 1 aromatic carbocycles. The van der Waals surface area contributed by atoms with Gasteiger partial charge in [-0.05, 0) is 75.3 Å². The van der Waals surface area contributed by atoms with Crippen molar-refractivity contribution in [3.8, 4) is 0 Å². The Morgan fingerprint density at radius 1 is 1.00 bits per heavy atom. The van der Waals surface area contributed by atoms with E-state index in [1.807, 2.05) is 31.2 Å². The predicted octanol–water partition coefficient (Wildman–Crippen LogP) is 2.32. The molecule has 6 nitrogen and oxygen atoms in total. The van der Waals surface area contributed by atoms with Crippen LogP contribution in [0.15, 0.2) is 24.3 Å². The van der Waals surface area contributed by atoms with Gasteiger partial charge in [-0.3, -0.25) is 9.59 Å². The van der Waals surface area contributed by atoms with Crippen molar-refractivity contribution in [1.82, 2.24) is 10.2 Å². The maximum Gasteiger partial charge on any atom is 0.313 e. The molecule has 4 atom stereocenters. The average Bonchev–Trinajstić information content (AvgIpc) is 3.33. The Hall–Kier alpha value is -2.08. The number of nitrogens with one attached hydrogen (secondary N) is 2. The Morgan fingerprint density at radius 2 is 1.71 bits per heavy atom. The third-order valence-corrected chi connectivity index (χ3v) is 6.99. The first-order valence-electron chi connectivity index (χ1n) is 10.6. The molecule has 2 bridgehead atoms. The summed E-state index contributed by atoms with van der Waals surface area (Å²) < 4.78 is 0. The zero-order valence-electron chi connectivity index (χ0n) is 17.0. The van der Waals surface area contributed by atoms with Crippen molar-refractivity contribution in [2.45, 2.75) is 38.6 Å². The van der Waals surface area contributed by atoms with Crippen LogP contribution in [-0.2, 0) is 9.59 Å². The van der Waals surface area contributed by atoms with Crippen LogP contribution < -0.4 is 15.5 Å². The summed E-state index contributed by atoms with van der Waals surface area (Å²) >= 11 is 0. The van der Waals surface area contributed by atoms with Crippen molar-refractivity contribution >= 4 is 23.2 Å². The summed E-state index contributed by atoms with van der Waals surface area (Å²) in [6.07, 6.45) is 5.12. The van der Waals surface area contributed by atoms with Crippen LogP contribution in [0.4, 0.5) is 11.4 Å². The molecule has 2 amide bonds. The van der Waals surface area contributed by atoms with E-state index in [-0.39, 0.29) is 6.04 Å². The summed E-state index contributed by atoms with van der Waals surface area (Å²) in [6, 6.07) is 7.83. The average molecular weight is 385 g/mol. The van der Waals surface area contributed by atoms with E-state index in [1.54, 1.807) is 0 Å². The molecule has 3 fully saturated rings. The first-order chi connectivity index (χ1) is 13.5. The zero-order chi connectivity index (χ0) is 19.7. The molecular formula is C22H32N4O2. The van der Waals surface area contributed by atoms with E-state index < -0.39 is 11.8 Å². The lowest BCUT2D eigenvalue weighted by atomic mass is 9.84. The fraction of sp³-hybridized carbons (Fsp3) is 0.636. The number of rotatable bonds is 4. The normalized spacial score (nSPS) is 28.2. The standard InChI is InChI=1S/C22H32N4O2/c1-15(20-14-16-3-4-17(20)13-16)23-21(27)22(28)24-18-5-7-19(8-6-18)26-11-9-25(2)10-12-26/h5-8,15-17,20H,3-4,9-14H2,1-2H3,(H,23,27)(H,24,28). The van der Waals surface area contributed by atoms with E-state index in [2.05, 4.69) is 27.5 Å². The molecule has 6 heteroatoms. The van der Waals surface area contributed by atoms with E-state index >= 15 is 0 Å². The molecule has 4 unspecified atom stereocenters. The van der Waals surface area contributed by atoms with E-state index in [0.29, 0.717) is 11.6 Å². The number of nitrogens with zero attached hydrogens (tertiary/aromatic N) is 2. The summed E-state index contributed by atoms with van der Waals surface area (Å²) in [7, 11) is 2.14. The van der Waals surface area contributed by atoms with E-state index in [1.165, 1.54) is 25.7 Å². The second-order valence-electron chi connectivity index (χ2n) is 8.89. The number of amides is 2. The summed E-state index contributed by atoms with van der Waals surface area (Å²) in [5.74, 6) is 0.978. The zero-order valence-corrected chi connectivity index (χ0v) is 17.0. The number of likely N-dealkylation sites (N-methyl/N-ethyl adjacent to an activating group) is 1. The maximum absolute atomic E-state index is 12.3. The Kier molecular flexibility index (Phi) is 5.58. The van der Waals surface area contributed by atoms with Gasteiger partial charge in [0, 0.05) is 43.6 Å². The quantitative estimate of drug-likeness (QED) is 0.782. The smallest absolute Gasteiger partial charge is 0.313 e. The molecule has 3 aliphatic rings. The van der Waals surface area contributed by atoms with Crippen molar-refractivity contribution in [2.24, 2.45) is 17.8 Å². The van der Waals surface area contributed by atoms with Gasteiger partial charge in [0.15, 0.2) is 0 Å². The highest BCUT2D eigenvalue weighted by atomic mass is 16.2. The lowest BCUT2D eigenvalue weighted by Crippen LogP contribution is -2.45. The minimum atomic E-state index is -0.581. The molecular weight excluding hydrogens is 352 g/mol. The van der Waals surface area contributed by atoms with Gasteiger partial charge in [-0.2, -0.15) is 0 Å². The van der Waals surface area contributed by atoms with Crippen LogP contribution >= 0.6 is 0 Å². The van der Waals surface area contributed by atoms with Gasteiger partial charge in [0.05, 0.1) is 0 Å². The lowest BCUT2D eigenvalue weighted by molar-refractivity contribution is -0.136. The van der Waals surface area contributed by atoms with E-state index in [0.717, 1.165) is 43.7 Å². The molecule has 1 aliphatic heterocycles. The molecule has 28 heavy (non-hydrogen) atoms. The fourth-order valence-electron chi connectivity index (χ4n) is 5.29. The number of hydrogen-bond acceptors (Lipinski definition) is 4. The van der Waals surface area contributed by atoms with Crippen LogP contribution in [-0.4, -0.2) is 56.0 Å². The number of fused-ring (bicyclic) bond motifs is 2. The second-order valence-corrected chi connectivity index (χ2v) is 8.89. The topological polar surface area (TPSA) is 64.7 Å². The summed E-state index contributed by atoms with van der Waals surface area (Å²) in [5.41, 5.74) is 1.81. The lowest BCUT2D eigenvalue weighted by Gasteiger charge is -2.34. The van der Waals surface area contributed by atoms with Crippen LogP contribution in [0.5, 0.6) is 0 Å². The van der Waals surface area contributed by atoms with Gasteiger partial charge in [0.1, 0.15) is 0 Å². The van der Waals surface area contributed by atoms with Gasteiger partial charge in [-0.1, -0.05) is 6.42 Å².